The first-order chi connectivity index (χ1) is 6.93. The topological polar surface area (TPSA) is 24.9 Å². The number of unbranched alkanes of at least 4 members (excludes halogenated alkanes) is 2. The Morgan fingerprint density at radius 1 is 1.29 bits per heavy atom. The largest absolute Gasteiger partial charge is 0.370 e. The summed E-state index contributed by atoms with van der Waals surface area (Å²) in [4.78, 5) is 4.20. The molecule has 0 aromatic carbocycles. The van der Waals surface area contributed by atoms with E-state index in [4.69, 9.17) is 0 Å². The van der Waals surface area contributed by atoms with E-state index < -0.39 is 0 Å². The Balaban J connectivity index is 1.99. The molecule has 0 saturated heterocycles. The molecule has 1 aromatic heterocycles. The van der Waals surface area contributed by atoms with Crippen LogP contribution in [-0.2, 0) is 0 Å². The molecule has 0 bridgehead atoms. The number of pyridine rings is 1. The van der Waals surface area contributed by atoms with Crippen LogP contribution in [0.1, 0.15) is 19.3 Å². The Morgan fingerprint density at radius 3 is 2.93 bits per heavy atom. The highest BCUT2D eigenvalue weighted by molar-refractivity contribution is 7.98. The number of rotatable bonds is 7. The molecule has 1 rings (SSSR count). The number of aromatic nitrogens is 1. The summed E-state index contributed by atoms with van der Waals surface area (Å²) < 4.78 is 0. The maximum absolute atomic E-state index is 4.20. The van der Waals surface area contributed by atoms with Crippen LogP contribution < -0.4 is 5.32 Å². The Morgan fingerprint density at radius 2 is 2.21 bits per heavy atom. The van der Waals surface area contributed by atoms with Crippen molar-refractivity contribution in [3.05, 3.63) is 24.4 Å². The fraction of sp³-hybridized carbons (Fsp3) is 0.545. The molecular weight excluding hydrogens is 192 g/mol. The third-order valence-corrected chi connectivity index (χ3v) is 2.69. The van der Waals surface area contributed by atoms with Gasteiger partial charge in [-0.2, -0.15) is 11.8 Å². The van der Waals surface area contributed by atoms with Crippen molar-refractivity contribution in [1.29, 1.82) is 0 Å². The molecule has 1 aromatic rings. The summed E-state index contributed by atoms with van der Waals surface area (Å²) >= 11 is 1.92. The first kappa shape index (κ1) is 11.4. The van der Waals surface area contributed by atoms with E-state index in [1.165, 1.54) is 25.0 Å². The minimum Gasteiger partial charge on any atom is -0.370 e. The normalized spacial score (nSPS) is 10.1. The third-order valence-electron chi connectivity index (χ3n) is 2.00. The fourth-order valence-corrected chi connectivity index (χ4v) is 1.72. The molecule has 0 atom stereocenters. The van der Waals surface area contributed by atoms with Crippen LogP contribution in [0.15, 0.2) is 24.4 Å². The SMILES string of the molecule is CSCCCCCNc1ccccn1. The van der Waals surface area contributed by atoms with E-state index in [0.29, 0.717) is 0 Å². The molecule has 0 aliphatic carbocycles. The molecule has 14 heavy (non-hydrogen) atoms. The molecule has 78 valence electrons. The fourth-order valence-electron chi connectivity index (χ4n) is 1.23. The van der Waals surface area contributed by atoms with Gasteiger partial charge in [0.1, 0.15) is 5.82 Å². The predicted octanol–water partition coefficient (Wildman–Crippen LogP) is 3.03. The molecule has 0 aliphatic rings. The average Bonchev–Trinajstić information content (AvgIpc) is 2.25. The van der Waals surface area contributed by atoms with Crippen LogP contribution in [-0.4, -0.2) is 23.5 Å². The van der Waals surface area contributed by atoms with Crippen LogP contribution >= 0.6 is 11.8 Å². The summed E-state index contributed by atoms with van der Waals surface area (Å²) in [5.41, 5.74) is 0. The lowest BCUT2D eigenvalue weighted by molar-refractivity contribution is 0.748. The minimum atomic E-state index is 0.984. The molecule has 0 amide bonds. The summed E-state index contributed by atoms with van der Waals surface area (Å²) in [6, 6.07) is 5.94. The highest BCUT2D eigenvalue weighted by Crippen LogP contribution is 2.04. The van der Waals surface area contributed by atoms with Crippen LogP contribution in [0.4, 0.5) is 5.82 Å². The molecule has 3 heteroatoms. The van der Waals surface area contributed by atoms with E-state index in [2.05, 4.69) is 16.6 Å². The Kier molecular flexibility index (Phi) is 6.24. The second kappa shape index (κ2) is 7.68. The highest BCUT2D eigenvalue weighted by Gasteiger charge is 1.91. The lowest BCUT2D eigenvalue weighted by Crippen LogP contribution is -2.02. The Hall–Kier alpha value is -0.700. The molecule has 0 spiro atoms. The zero-order valence-electron chi connectivity index (χ0n) is 8.70. The van der Waals surface area contributed by atoms with Crippen molar-refractivity contribution in [2.24, 2.45) is 0 Å². The van der Waals surface area contributed by atoms with Crippen molar-refractivity contribution in [1.82, 2.24) is 4.98 Å². The number of anilines is 1. The second-order valence-electron chi connectivity index (χ2n) is 3.20. The molecular formula is C11H18N2S. The van der Waals surface area contributed by atoms with Crippen LogP contribution in [0.5, 0.6) is 0 Å². The number of hydrogen-bond donors (Lipinski definition) is 1. The molecule has 1 N–H and O–H groups in total. The van der Waals surface area contributed by atoms with Crippen LogP contribution in [0, 0.1) is 0 Å². The van der Waals surface area contributed by atoms with Gasteiger partial charge in [-0.05, 0) is 37.0 Å². The Labute approximate surface area is 90.5 Å². The van der Waals surface area contributed by atoms with Crippen molar-refractivity contribution in [2.45, 2.75) is 19.3 Å². The maximum Gasteiger partial charge on any atom is 0.125 e. The second-order valence-corrected chi connectivity index (χ2v) is 4.18. The first-order valence-electron chi connectivity index (χ1n) is 5.07. The molecule has 1 heterocycles. The number of nitrogens with one attached hydrogen (secondary N) is 1. The summed E-state index contributed by atoms with van der Waals surface area (Å²) in [6.07, 6.45) is 7.84. The molecule has 0 saturated carbocycles. The number of nitrogens with zero attached hydrogens (tertiary/aromatic N) is 1. The molecule has 0 radical (unpaired) electrons. The zero-order chi connectivity index (χ0) is 10.1. The summed E-state index contributed by atoms with van der Waals surface area (Å²) in [6.45, 7) is 1.03. The van der Waals surface area contributed by atoms with E-state index >= 15 is 0 Å². The number of hydrogen-bond acceptors (Lipinski definition) is 3. The van der Waals surface area contributed by atoms with Gasteiger partial charge >= 0.3 is 0 Å². The van der Waals surface area contributed by atoms with Crippen LogP contribution in [0.25, 0.3) is 0 Å². The molecule has 0 fully saturated rings. The Bertz CT molecular complexity index is 226. The zero-order valence-corrected chi connectivity index (χ0v) is 9.52. The highest BCUT2D eigenvalue weighted by atomic mass is 32.2. The van der Waals surface area contributed by atoms with E-state index in [1.807, 2.05) is 36.2 Å². The third kappa shape index (κ3) is 5.12. The van der Waals surface area contributed by atoms with E-state index in [1.54, 1.807) is 0 Å². The summed E-state index contributed by atoms with van der Waals surface area (Å²) in [7, 11) is 0. The summed E-state index contributed by atoms with van der Waals surface area (Å²) in [5.74, 6) is 2.27. The number of thioether (sulfide) groups is 1. The predicted molar refractivity (Wildman–Crippen MR) is 65.0 cm³/mol. The minimum absolute atomic E-state index is 0.984. The molecule has 2 nitrogen and oxygen atoms in total. The lowest BCUT2D eigenvalue weighted by atomic mass is 10.2. The van der Waals surface area contributed by atoms with E-state index in [0.717, 1.165) is 12.4 Å². The van der Waals surface area contributed by atoms with Gasteiger partial charge in [0.2, 0.25) is 0 Å². The van der Waals surface area contributed by atoms with Gasteiger partial charge in [0, 0.05) is 12.7 Å². The van der Waals surface area contributed by atoms with Gasteiger partial charge in [-0.25, -0.2) is 4.98 Å². The van der Waals surface area contributed by atoms with Crippen molar-refractivity contribution in [3.8, 4) is 0 Å². The maximum atomic E-state index is 4.20. The van der Waals surface area contributed by atoms with E-state index in [9.17, 15) is 0 Å². The molecule has 0 aliphatic heterocycles. The van der Waals surface area contributed by atoms with Gasteiger partial charge in [0.05, 0.1) is 0 Å². The van der Waals surface area contributed by atoms with Crippen LogP contribution in [0.2, 0.25) is 0 Å². The first-order valence-corrected chi connectivity index (χ1v) is 6.46. The quantitative estimate of drug-likeness (QED) is 0.700. The smallest absolute Gasteiger partial charge is 0.125 e. The van der Waals surface area contributed by atoms with Gasteiger partial charge in [-0.3, -0.25) is 0 Å². The molecule has 0 unspecified atom stereocenters. The van der Waals surface area contributed by atoms with Gasteiger partial charge < -0.3 is 5.32 Å². The van der Waals surface area contributed by atoms with Gasteiger partial charge in [0.15, 0.2) is 0 Å². The van der Waals surface area contributed by atoms with Crippen molar-refractivity contribution in [2.75, 3.05) is 23.9 Å². The summed E-state index contributed by atoms with van der Waals surface area (Å²) in [5, 5.41) is 3.30. The van der Waals surface area contributed by atoms with Crippen molar-refractivity contribution < 1.29 is 0 Å². The van der Waals surface area contributed by atoms with Gasteiger partial charge in [-0.15, -0.1) is 0 Å². The van der Waals surface area contributed by atoms with Gasteiger partial charge in [0.25, 0.3) is 0 Å². The van der Waals surface area contributed by atoms with Crippen molar-refractivity contribution in [3.63, 3.8) is 0 Å². The lowest BCUT2D eigenvalue weighted by Gasteiger charge is -2.04. The monoisotopic (exact) mass is 210 g/mol. The van der Waals surface area contributed by atoms with Crippen molar-refractivity contribution >= 4 is 17.6 Å². The van der Waals surface area contributed by atoms with Crippen LogP contribution in [0.3, 0.4) is 0 Å². The average molecular weight is 210 g/mol. The van der Waals surface area contributed by atoms with Gasteiger partial charge in [-0.1, -0.05) is 12.5 Å². The standard InChI is InChI=1S/C11H18N2S/c1-14-10-6-2-4-8-12-11-7-3-5-9-13-11/h3,5,7,9H,2,4,6,8,10H2,1H3,(H,12,13). The van der Waals surface area contributed by atoms with E-state index in [-0.39, 0.29) is 0 Å².